The van der Waals surface area contributed by atoms with Crippen LogP contribution >= 0.6 is 0 Å². The number of para-hydroxylation sites is 1. The van der Waals surface area contributed by atoms with Gasteiger partial charge in [0, 0.05) is 37.2 Å². The number of nitrogens with one attached hydrogen (secondary N) is 1. The molecule has 3 heterocycles. The zero-order valence-electron chi connectivity index (χ0n) is 18.0. The van der Waals surface area contributed by atoms with Crippen molar-refractivity contribution in [2.24, 2.45) is 5.92 Å². The second-order valence-electron chi connectivity index (χ2n) is 8.37. The fourth-order valence-corrected chi connectivity index (χ4v) is 4.14. The summed E-state index contributed by atoms with van der Waals surface area (Å²) in [6.45, 7) is 8.57. The van der Waals surface area contributed by atoms with Crippen LogP contribution in [0.3, 0.4) is 0 Å². The summed E-state index contributed by atoms with van der Waals surface area (Å²) in [5, 5.41) is 2.99. The van der Waals surface area contributed by atoms with Crippen molar-refractivity contribution in [2.75, 3.05) is 17.6 Å². The Morgan fingerprint density at radius 3 is 2.70 bits per heavy atom. The molecule has 0 saturated heterocycles. The van der Waals surface area contributed by atoms with Gasteiger partial charge in [0.25, 0.3) is 0 Å². The lowest BCUT2D eigenvalue weighted by Crippen LogP contribution is -2.39. The van der Waals surface area contributed by atoms with E-state index >= 15 is 0 Å². The van der Waals surface area contributed by atoms with E-state index in [-0.39, 0.29) is 6.03 Å². The molecule has 3 aromatic rings. The normalized spacial score (nSPS) is 13.7. The molecule has 3 N–H and O–H groups in total. The number of aryl methyl sites for hydroxylation is 1. The molecule has 1 aromatic carbocycles. The van der Waals surface area contributed by atoms with Crippen LogP contribution in [0, 0.1) is 5.92 Å². The molecule has 7 heteroatoms. The molecule has 0 radical (unpaired) electrons. The molecule has 0 aliphatic carbocycles. The highest BCUT2D eigenvalue weighted by Gasteiger charge is 2.28. The average molecular weight is 407 g/mol. The number of pyridine rings is 1. The van der Waals surface area contributed by atoms with Gasteiger partial charge in [0.05, 0.1) is 17.8 Å². The number of hydrogen-bond donors (Lipinski definition) is 2. The summed E-state index contributed by atoms with van der Waals surface area (Å²) in [5.41, 5.74) is 11.0. The lowest BCUT2D eigenvalue weighted by atomic mass is 10.0. The first-order valence-corrected chi connectivity index (χ1v) is 10.7. The van der Waals surface area contributed by atoms with Gasteiger partial charge in [0.1, 0.15) is 11.3 Å². The maximum atomic E-state index is 12.9. The molecule has 2 amide bonds. The lowest BCUT2D eigenvalue weighted by Gasteiger charge is -2.29. The monoisotopic (exact) mass is 406 g/mol. The minimum atomic E-state index is -0.0967. The van der Waals surface area contributed by atoms with Crippen LogP contribution in [-0.4, -0.2) is 32.0 Å². The Kier molecular flexibility index (Phi) is 5.61. The highest BCUT2D eigenvalue weighted by molar-refractivity contribution is 5.92. The van der Waals surface area contributed by atoms with Crippen LogP contribution in [0.15, 0.2) is 30.3 Å². The van der Waals surface area contributed by atoms with Crippen molar-refractivity contribution in [2.45, 2.75) is 53.1 Å². The van der Waals surface area contributed by atoms with Crippen LogP contribution in [0.1, 0.15) is 44.3 Å². The number of carbonyl (C=O) groups excluding carboxylic acids is 1. The molecule has 30 heavy (non-hydrogen) atoms. The maximum Gasteiger partial charge on any atom is 0.322 e. The third kappa shape index (κ3) is 3.84. The molecule has 2 aromatic heterocycles. The average Bonchev–Trinajstić information content (AvgIpc) is 3.07. The predicted molar refractivity (Wildman–Crippen MR) is 120 cm³/mol. The van der Waals surface area contributed by atoms with Crippen LogP contribution in [0.25, 0.3) is 11.0 Å². The Hall–Kier alpha value is -3.09. The largest absolute Gasteiger partial charge is 0.382 e. The molecule has 0 bridgehead atoms. The van der Waals surface area contributed by atoms with Gasteiger partial charge in [-0.1, -0.05) is 39.0 Å². The van der Waals surface area contributed by atoms with E-state index in [0.29, 0.717) is 31.2 Å². The molecule has 0 atom stereocenters. The van der Waals surface area contributed by atoms with Gasteiger partial charge in [-0.15, -0.1) is 0 Å². The molecule has 7 nitrogen and oxygen atoms in total. The Balaban J connectivity index is 1.73. The Morgan fingerprint density at radius 1 is 1.23 bits per heavy atom. The number of anilines is 2. The van der Waals surface area contributed by atoms with Crippen LogP contribution < -0.4 is 11.1 Å². The van der Waals surface area contributed by atoms with Gasteiger partial charge in [0.2, 0.25) is 0 Å². The van der Waals surface area contributed by atoms with Crippen LogP contribution in [-0.2, 0) is 25.9 Å². The number of aromatic nitrogens is 3. The molecule has 1 aliphatic heterocycles. The molecular formula is C23H30N6O. The minimum Gasteiger partial charge on any atom is -0.382 e. The summed E-state index contributed by atoms with van der Waals surface area (Å²) in [6.07, 6.45) is 2.60. The summed E-state index contributed by atoms with van der Waals surface area (Å²) >= 11 is 0. The SMILES string of the molecule is CCCc1nc2c(N)nc3c(c2n1CC(C)C)CN(C(=O)Nc1ccccc1)CC3. The molecule has 158 valence electrons. The minimum absolute atomic E-state index is 0.0967. The van der Waals surface area contributed by atoms with Crippen molar-refractivity contribution in [3.8, 4) is 0 Å². The summed E-state index contributed by atoms with van der Waals surface area (Å²) in [4.78, 5) is 24.3. The van der Waals surface area contributed by atoms with Gasteiger partial charge in [-0.05, 0) is 24.5 Å². The standard InChI is InChI=1S/C23H30N6O/c1-4-8-19-27-20-21(29(19)13-15(2)3)17-14-28(12-11-18(17)26-22(20)24)23(30)25-16-9-6-5-7-10-16/h5-7,9-10,15H,4,8,11-14H2,1-3H3,(H2,24,26)(H,25,30). The van der Waals surface area contributed by atoms with Crippen molar-refractivity contribution in [1.82, 2.24) is 19.4 Å². The molecule has 0 saturated carbocycles. The van der Waals surface area contributed by atoms with Gasteiger partial charge in [-0.25, -0.2) is 14.8 Å². The van der Waals surface area contributed by atoms with E-state index in [2.05, 4.69) is 35.6 Å². The highest BCUT2D eigenvalue weighted by Crippen LogP contribution is 2.31. The van der Waals surface area contributed by atoms with Gasteiger partial charge in [-0.3, -0.25) is 0 Å². The third-order valence-corrected chi connectivity index (χ3v) is 5.48. The number of rotatable bonds is 5. The summed E-state index contributed by atoms with van der Waals surface area (Å²) in [5.74, 6) is 2.02. The number of imidazole rings is 1. The van der Waals surface area contributed by atoms with Gasteiger partial charge in [0.15, 0.2) is 5.82 Å². The number of nitrogens with two attached hydrogens (primary N) is 1. The molecule has 0 fully saturated rings. The first-order valence-electron chi connectivity index (χ1n) is 10.7. The number of nitrogens with zero attached hydrogens (tertiary/aromatic N) is 4. The smallest absolute Gasteiger partial charge is 0.322 e. The van der Waals surface area contributed by atoms with Crippen LogP contribution in [0.4, 0.5) is 16.3 Å². The summed E-state index contributed by atoms with van der Waals surface area (Å²) in [6, 6.07) is 9.45. The lowest BCUT2D eigenvalue weighted by molar-refractivity contribution is 0.206. The highest BCUT2D eigenvalue weighted by atomic mass is 16.2. The number of benzene rings is 1. The number of carbonyl (C=O) groups is 1. The van der Waals surface area contributed by atoms with Crippen LogP contribution in [0.2, 0.25) is 0 Å². The maximum absolute atomic E-state index is 12.9. The summed E-state index contributed by atoms with van der Waals surface area (Å²) < 4.78 is 2.30. The van der Waals surface area contributed by atoms with Crippen molar-refractivity contribution in [3.05, 3.63) is 47.4 Å². The van der Waals surface area contributed by atoms with E-state index < -0.39 is 0 Å². The van der Waals surface area contributed by atoms with Crippen molar-refractivity contribution in [3.63, 3.8) is 0 Å². The number of urea groups is 1. The second-order valence-corrected chi connectivity index (χ2v) is 8.37. The quantitative estimate of drug-likeness (QED) is 0.664. The predicted octanol–water partition coefficient (Wildman–Crippen LogP) is 4.21. The first kappa shape index (κ1) is 20.2. The van der Waals surface area contributed by atoms with E-state index in [9.17, 15) is 4.79 Å². The van der Waals surface area contributed by atoms with E-state index in [1.807, 2.05) is 35.2 Å². The Morgan fingerprint density at radius 2 is 2.00 bits per heavy atom. The number of fused-ring (bicyclic) bond motifs is 3. The third-order valence-electron chi connectivity index (χ3n) is 5.48. The fraction of sp³-hybridized carbons (Fsp3) is 0.435. The van der Waals surface area contributed by atoms with Crippen molar-refractivity contribution < 1.29 is 4.79 Å². The number of amides is 2. The van der Waals surface area contributed by atoms with Crippen molar-refractivity contribution >= 4 is 28.6 Å². The van der Waals surface area contributed by atoms with E-state index in [0.717, 1.165) is 53.2 Å². The van der Waals surface area contributed by atoms with E-state index in [1.165, 1.54) is 0 Å². The summed E-state index contributed by atoms with van der Waals surface area (Å²) in [7, 11) is 0. The van der Waals surface area contributed by atoms with Gasteiger partial charge >= 0.3 is 6.03 Å². The zero-order chi connectivity index (χ0) is 21.3. The first-order chi connectivity index (χ1) is 14.5. The van der Waals surface area contributed by atoms with Crippen LogP contribution in [0.5, 0.6) is 0 Å². The number of nitrogen functional groups attached to an aromatic ring is 1. The topological polar surface area (TPSA) is 89.1 Å². The number of hydrogen-bond acceptors (Lipinski definition) is 4. The molecule has 0 spiro atoms. The molecule has 4 rings (SSSR count). The zero-order valence-corrected chi connectivity index (χ0v) is 18.0. The van der Waals surface area contributed by atoms with Gasteiger partial charge in [-0.2, -0.15) is 0 Å². The Labute approximate surface area is 177 Å². The van der Waals surface area contributed by atoms with E-state index in [1.54, 1.807) is 0 Å². The second kappa shape index (κ2) is 8.34. The molecule has 1 aliphatic rings. The van der Waals surface area contributed by atoms with E-state index in [4.69, 9.17) is 10.7 Å². The fourth-order valence-electron chi connectivity index (χ4n) is 4.14. The van der Waals surface area contributed by atoms with Gasteiger partial charge < -0.3 is 20.5 Å². The Bertz CT molecular complexity index is 1060. The molecule has 0 unspecified atom stereocenters. The van der Waals surface area contributed by atoms with Crippen molar-refractivity contribution in [1.29, 1.82) is 0 Å². The molecular weight excluding hydrogens is 376 g/mol.